The summed E-state index contributed by atoms with van der Waals surface area (Å²) < 4.78 is 0. The number of rotatable bonds is 5. The molecule has 0 aromatic heterocycles. The third-order valence-electron chi connectivity index (χ3n) is 2.68. The van der Waals surface area contributed by atoms with Crippen LogP contribution in [0.2, 0.25) is 0 Å². The van der Waals surface area contributed by atoms with Gasteiger partial charge in [-0.1, -0.05) is 0 Å². The fraction of sp³-hybridized carbons (Fsp3) is 0. The van der Waals surface area contributed by atoms with Crippen molar-refractivity contribution in [2.45, 2.75) is 0 Å². The van der Waals surface area contributed by atoms with Gasteiger partial charge in [-0.2, -0.15) is 5.10 Å². The van der Waals surface area contributed by atoms with E-state index in [0.29, 0.717) is 5.56 Å². The second kappa shape index (κ2) is 6.31. The van der Waals surface area contributed by atoms with Crippen molar-refractivity contribution in [3.63, 3.8) is 0 Å². The van der Waals surface area contributed by atoms with Gasteiger partial charge in [0.15, 0.2) is 0 Å². The lowest BCUT2D eigenvalue weighted by Gasteiger charge is -2.02. The van der Waals surface area contributed by atoms with Crippen molar-refractivity contribution in [2.24, 2.45) is 5.10 Å². The Balaban J connectivity index is 2.20. The molecule has 2 rings (SSSR count). The summed E-state index contributed by atoms with van der Waals surface area (Å²) in [7, 11) is 0. The Morgan fingerprint density at radius 3 is 2.32 bits per heavy atom. The maximum absolute atomic E-state index is 10.9. The molecule has 0 fully saturated rings. The molecule has 0 radical (unpaired) electrons. The van der Waals surface area contributed by atoms with Crippen LogP contribution in [0.15, 0.2) is 47.6 Å². The molecule has 0 unspecified atom stereocenters. The summed E-state index contributed by atoms with van der Waals surface area (Å²) >= 11 is 0. The number of hydrogen-bond acceptors (Lipinski definition) is 7. The Bertz CT molecular complexity index is 743. The first-order valence-corrected chi connectivity index (χ1v) is 5.98. The van der Waals surface area contributed by atoms with Gasteiger partial charge < -0.3 is 5.11 Å². The van der Waals surface area contributed by atoms with E-state index in [4.69, 9.17) is 5.11 Å². The summed E-state index contributed by atoms with van der Waals surface area (Å²) in [5, 5.41) is 34.5. The number of benzene rings is 2. The lowest BCUT2D eigenvalue weighted by molar-refractivity contribution is -0.393. The topological polar surface area (TPSA) is 131 Å². The van der Waals surface area contributed by atoms with E-state index in [1.165, 1.54) is 24.4 Å². The first kappa shape index (κ1) is 14.9. The van der Waals surface area contributed by atoms with Crippen LogP contribution in [0.4, 0.5) is 17.1 Å². The van der Waals surface area contributed by atoms with Crippen molar-refractivity contribution in [3.8, 4) is 5.75 Å². The van der Waals surface area contributed by atoms with E-state index in [-0.39, 0.29) is 17.1 Å². The van der Waals surface area contributed by atoms with Crippen molar-refractivity contribution >= 4 is 23.3 Å². The molecule has 0 saturated heterocycles. The Morgan fingerprint density at radius 1 is 1.05 bits per heavy atom. The average Bonchev–Trinajstić information content (AvgIpc) is 2.49. The average molecular weight is 302 g/mol. The second-order valence-electron chi connectivity index (χ2n) is 4.18. The Hall–Kier alpha value is -3.49. The van der Waals surface area contributed by atoms with Crippen molar-refractivity contribution in [2.75, 3.05) is 5.43 Å². The molecule has 9 heteroatoms. The zero-order valence-electron chi connectivity index (χ0n) is 11.0. The van der Waals surface area contributed by atoms with Crippen LogP contribution in [0, 0.1) is 20.2 Å². The number of hydrazone groups is 1. The van der Waals surface area contributed by atoms with Crippen molar-refractivity contribution in [3.05, 3.63) is 68.3 Å². The smallest absolute Gasteiger partial charge is 0.301 e. The molecule has 0 atom stereocenters. The molecular formula is C13H10N4O5. The van der Waals surface area contributed by atoms with Gasteiger partial charge in [0, 0.05) is 6.07 Å². The molecule has 2 aromatic carbocycles. The molecule has 22 heavy (non-hydrogen) atoms. The number of hydrogen-bond donors (Lipinski definition) is 2. The highest BCUT2D eigenvalue weighted by Gasteiger charge is 2.18. The summed E-state index contributed by atoms with van der Waals surface area (Å²) in [6.07, 6.45) is 1.39. The van der Waals surface area contributed by atoms with Crippen LogP contribution in [0.3, 0.4) is 0 Å². The van der Waals surface area contributed by atoms with Crippen LogP contribution >= 0.6 is 0 Å². The van der Waals surface area contributed by atoms with Gasteiger partial charge in [0.1, 0.15) is 11.4 Å². The second-order valence-corrected chi connectivity index (χ2v) is 4.18. The summed E-state index contributed by atoms with van der Waals surface area (Å²) in [4.78, 5) is 20.1. The summed E-state index contributed by atoms with van der Waals surface area (Å²) in [6.45, 7) is 0. The van der Waals surface area contributed by atoms with Gasteiger partial charge >= 0.3 is 5.69 Å². The summed E-state index contributed by atoms with van der Waals surface area (Å²) in [5.74, 6) is 0.108. The fourth-order valence-electron chi connectivity index (χ4n) is 1.62. The van der Waals surface area contributed by atoms with Gasteiger partial charge in [0.05, 0.1) is 22.1 Å². The minimum Gasteiger partial charge on any atom is -0.508 e. The highest BCUT2D eigenvalue weighted by atomic mass is 16.6. The Kier molecular flexibility index (Phi) is 4.27. The summed E-state index contributed by atoms with van der Waals surface area (Å²) in [5.41, 5.74) is 2.34. The van der Waals surface area contributed by atoms with Gasteiger partial charge in [-0.25, -0.2) is 0 Å². The number of nitro groups is 2. The van der Waals surface area contributed by atoms with Crippen LogP contribution in [0.1, 0.15) is 5.56 Å². The first-order valence-electron chi connectivity index (χ1n) is 5.98. The van der Waals surface area contributed by atoms with Gasteiger partial charge in [0.2, 0.25) is 0 Å². The van der Waals surface area contributed by atoms with Crippen LogP contribution in [-0.4, -0.2) is 21.2 Å². The fourth-order valence-corrected chi connectivity index (χ4v) is 1.62. The minimum atomic E-state index is -0.731. The minimum absolute atomic E-state index is 0.0330. The molecular weight excluding hydrogens is 292 g/mol. The van der Waals surface area contributed by atoms with Crippen molar-refractivity contribution < 1.29 is 15.0 Å². The zero-order chi connectivity index (χ0) is 16.1. The summed E-state index contributed by atoms with van der Waals surface area (Å²) in [6, 6.07) is 9.36. The largest absolute Gasteiger partial charge is 0.508 e. The van der Waals surface area contributed by atoms with E-state index in [0.717, 1.165) is 12.1 Å². The Morgan fingerprint density at radius 2 is 1.73 bits per heavy atom. The Labute approximate surface area is 123 Å². The predicted octanol–water partition coefficient (Wildman–Crippen LogP) is 2.65. The molecule has 0 aliphatic heterocycles. The quantitative estimate of drug-likeness (QED) is 0.496. The molecule has 0 amide bonds. The number of nitrogens with one attached hydrogen (secondary N) is 1. The molecule has 0 bridgehead atoms. The van der Waals surface area contributed by atoms with E-state index in [1.807, 2.05) is 0 Å². The van der Waals surface area contributed by atoms with Crippen molar-refractivity contribution in [1.82, 2.24) is 0 Å². The van der Waals surface area contributed by atoms with Crippen LogP contribution < -0.4 is 5.43 Å². The maximum Gasteiger partial charge on any atom is 0.301 e. The van der Waals surface area contributed by atoms with E-state index >= 15 is 0 Å². The number of nitro benzene ring substituents is 2. The van der Waals surface area contributed by atoms with Gasteiger partial charge in [0.25, 0.3) is 5.69 Å². The molecule has 0 aliphatic carbocycles. The van der Waals surface area contributed by atoms with Gasteiger partial charge in [-0.15, -0.1) is 0 Å². The van der Waals surface area contributed by atoms with Crippen LogP contribution in [0.25, 0.3) is 0 Å². The number of non-ortho nitro benzene ring substituents is 1. The number of anilines is 1. The predicted molar refractivity (Wildman–Crippen MR) is 79.1 cm³/mol. The number of nitrogens with zero attached hydrogens (tertiary/aromatic N) is 3. The highest BCUT2D eigenvalue weighted by molar-refractivity contribution is 5.80. The monoisotopic (exact) mass is 302 g/mol. The lowest BCUT2D eigenvalue weighted by Crippen LogP contribution is -1.98. The number of phenols is 1. The third-order valence-corrected chi connectivity index (χ3v) is 2.68. The molecule has 2 N–H and O–H groups in total. The van der Waals surface area contributed by atoms with Gasteiger partial charge in [-0.3, -0.25) is 25.7 Å². The molecule has 0 saturated carbocycles. The SMILES string of the molecule is O=[N+]([O-])c1ccc(NN=Cc2ccc(O)cc2)c([N+](=O)[O-])c1. The zero-order valence-corrected chi connectivity index (χ0v) is 11.0. The number of aromatic hydroxyl groups is 1. The third kappa shape index (κ3) is 3.54. The molecule has 9 nitrogen and oxygen atoms in total. The van der Waals surface area contributed by atoms with Crippen LogP contribution in [0.5, 0.6) is 5.75 Å². The standard InChI is InChI=1S/C13H10N4O5/c18-11-4-1-9(2-5-11)8-14-15-12-6-3-10(16(19)20)7-13(12)17(21)22/h1-8,15,18H. The van der Waals surface area contributed by atoms with Gasteiger partial charge in [-0.05, 0) is 35.9 Å². The van der Waals surface area contributed by atoms with Crippen molar-refractivity contribution in [1.29, 1.82) is 0 Å². The van der Waals surface area contributed by atoms with Crippen LogP contribution in [-0.2, 0) is 0 Å². The van der Waals surface area contributed by atoms with E-state index in [9.17, 15) is 20.2 Å². The first-order chi connectivity index (χ1) is 10.5. The molecule has 2 aromatic rings. The van der Waals surface area contributed by atoms with E-state index in [2.05, 4.69) is 10.5 Å². The number of phenolic OH excluding ortho intramolecular Hbond substituents is 1. The normalized spacial score (nSPS) is 10.5. The molecule has 0 spiro atoms. The maximum atomic E-state index is 10.9. The lowest BCUT2D eigenvalue weighted by atomic mass is 10.2. The van der Waals surface area contributed by atoms with E-state index < -0.39 is 15.5 Å². The van der Waals surface area contributed by atoms with E-state index in [1.54, 1.807) is 12.1 Å². The highest BCUT2D eigenvalue weighted by Crippen LogP contribution is 2.28. The molecule has 112 valence electrons. The molecule has 0 aliphatic rings. The molecule has 0 heterocycles.